The van der Waals surface area contributed by atoms with E-state index in [0.717, 1.165) is 12.8 Å². The number of rotatable bonds is 6. The number of hydrogen-bond acceptors (Lipinski definition) is 4. The third-order valence-corrected chi connectivity index (χ3v) is 2.43. The lowest BCUT2D eigenvalue weighted by Crippen LogP contribution is -2.44. The van der Waals surface area contributed by atoms with Gasteiger partial charge in [-0.2, -0.15) is 0 Å². The molecule has 1 rings (SSSR count). The number of carboxylic acids is 1. The summed E-state index contributed by atoms with van der Waals surface area (Å²) in [6.07, 6.45) is 1.67. The van der Waals surface area contributed by atoms with E-state index in [0.29, 0.717) is 0 Å². The molecule has 0 aromatic rings. The number of aliphatic carboxylic acids is 1. The Bertz CT molecular complexity index is 314. The van der Waals surface area contributed by atoms with Gasteiger partial charge in [0.05, 0.1) is 13.5 Å². The number of methoxy groups -OCH3 is 1. The first-order valence-electron chi connectivity index (χ1n) is 5.37. The van der Waals surface area contributed by atoms with Gasteiger partial charge in [0, 0.05) is 12.6 Å². The molecule has 0 aliphatic heterocycles. The number of nitrogens with zero attached hydrogens (tertiary/aromatic N) is 1. The Morgan fingerprint density at radius 2 is 2.06 bits per heavy atom. The summed E-state index contributed by atoms with van der Waals surface area (Å²) in [4.78, 5) is 34.4. The summed E-state index contributed by atoms with van der Waals surface area (Å²) in [6, 6.07) is -0.314. The van der Waals surface area contributed by atoms with Crippen LogP contribution in [0, 0.1) is 0 Å². The quantitative estimate of drug-likeness (QED) is 0.631. The zero-order chi connectivity index (χ0) is 12.8. The third kappa shape index (κ3) is 4.71. The fourth-order valence-electron chi connectivity index (χ4n) is 1.37. The molecule has 17 heavy (non-hydrogen) atoms. The second-order valence-electron chi connectivity index (χ2n) is 3.80. The third-order valence-electron chi connectivity index (χ3n) is 2.43. The molecule has 2 N–H and O–H groups in total. The van der Waals surface area contributed by atoms with Crippen molar-refractivity contribution in [1.82, 2.24) is 10.2 Å². The minimum Gasteiger partial charge on any atom is -0.481 e. The predicted molar refractivity (Wildman–Crippen MR) is 57.4 cm³/mol. The molecule has 7 heteroatoms. The normalized spacial score (nSPS) is 13.9. The first-order valence-corrected chi connectivity index (χ1v) is 5.37. The molecule has 0 atom stereocenters. The van der Waals surface area contributed by atoms with Crippen LogP contribution < -0.4 is 5.32 Å². The topological polar surface area (TPSA) is 95.9 Å². The Labute approximate surface area is 98.7 Å². The van der Waals surface area contributed by atoms with Crippen LogP contribution in [-0.2, 0) is 14.3 Å². The molecule has 2 amide bonds. The van der Waals surface area contributed by atoms with Gasteiger partial charge in [0.15, 0.2) is 0 Å². The van der Waals surface area contributed by atoms with Crippen molar-refractivity contribution in [2.24, 2.45) is 0 Å². The number of ether oxygens (including phenoxy) is 1. The minimum atomic E-state index is -0.948. The van der Waals surface area contributed by atoms with Gasteiger partial charge in [-0.05, 0) is 12.8 Å². The average Bonchev–Trinajstić information content (AvgIpc) is 3.09. The largest absolute Gasteiger partial charge is 0.481 e. The number of hydrogen-bond donors (Lipinski definition) is 2. The van der Waals surface area contributed by atoms with E-state index in [9.17, 15) is 14.4 Å². The molecule has 0 heterocycles. The Kier molecular flexibility index (Phi) is 4.74. The highest BCUT2D eigenvalue weighted by molar-refractivity contribution is 5.81. The number of carbonyl (C=O) groups excluding carboxylic acids is 2. The lowest BCUT2D eigenvalue weighted by molar-refractivity contribution is -0.139. The molecule has 7 nitrogen and oxygen atoms in total. The van der Waals surface area contributed by atoms with E-state index in [2.05, 4.69) is 10.1 Å². The fraction of sp³-hybridized carbons (Fsp3) is 0.700. The molecule has 1 aliphatic rings. The van der Waals surface area contributed by atoms with Gasteiger partial charge < -0.3 is 20.1 Å². The van der Waals surface area contributed by atoms with Gasteiger partial charge in [-0.3, -0.25) is 9.59 Å². The minimum absolute atomic E-state index is 0.0951. The zero-order valence-corrected chi connectivity index (χ0v) is 9.64. The number of esters is 1. The van der Waals surface area contributed by atoms with Crippen LogP contribution in [0.2, 0.25) is 0 Å². The summed E-state index contributed by atoms with van der Waals surface area (Å²) in [5.41, 5.74) is 0. The molecule has 1 saturated carbocycles. The van der Waals surface area contributed by atoms with Gasteiger partial charge in [-0.25, -0.2) is 4.79 Å². The van der Waals surface area contributed by atoms with Crippen molar-refractivity contribution in [3.63, 3.8) is 0 Å². The first-order chi connectivity index (χ1) is 8.04. The van der Waals surface area contributed by atoms with Crippen molar-refractivity contribution in [1.29, 1.82) is 0 Å². The summed E-state index contributed by atoms with van der Waals surface area (Å²) >= 11 is 0. The second kappa shape index (κ2) is 6.07. The molecular weight excluding hydrogens is 228 g/mol. The number of nitrogens with one attached hydrogen (secondary N) is 1. The summed E-state index contributed by atoms with van der Waals surface area (Å²) in [7, 11) is 1.23. The second-order valence-corrected chi connectivity index (χ2v) is 3.80. The molecule has 0 aromatic heterocycles. The van der Waals surface area contributed by atoms with Crippen LogP contribution in [0.1, 0.15) is 19.3 Å². The van der Waals surface area contributed by atoms with Crippen LogP contribution in [-0.4, -0.2) is 54.2 Å². The van der Waals surface area contributed by atoms with Crippen molar-refractivity contribution in [2.75, 3.05) is 20.2 Å². The molecule has 96 valence electrons. The average molecular weight is 244 g/mol. The number of amides is 2. The summed E-state index contributed by atoms with van der Waals surface area (Å²) in [5.74, 6) is -1.48. The van der Waals surface area contributed by atoms with Crippen molar-refractivity contribution in [3.8, 4) is 0 Å². The van der Waals surface area contributed by atoms with E-state index in [1.54, 1.807) is 0 Å². The van der Waals surface area contributed by atoms with Gasteiger partial charge in [0.2, 0.25) is 0 Å². The molecule has 0 aromatic carbocycles. The lowest BCUT2D eigenvalue weighted by Gasteiger charge is -2.21. The number of urea groups is 1. The van der Waals surface area contributed by atoms with E-state index in [4.69, 9.17) is 5.11 Å². The smallest absolute Gasteiger partial charge is 0.325 e. The zero-order valence-electron chi connectivity index (χ0n) is 9.64. The highest BCUT2D eigenvalue weighted by Gasteiger charge is 2.32. The van der Waals surface area contributed by atoms with Crippen molar-refractivity contribution >= 4 is 18.0 Å². The Morgan fingerprint density at radius 1 is 1.41 bits per heavy atom. The van der Waals surface area contributed by atoms with Gasteiger partial charge in [0.1, 0.15) is 6.54 Å². The molecule has 1 fully saturated rings. The molecule has 0 saturated heterocycles. The number of carboxylic acid groups (broad SMARTS) is 1. The van der Waals surface area contributed by atoms with Gasteiger partial charge >= 0.3 is 18.0 Å². The molecule has 0 spiro atoms. The fourth-order valence-corrected chi connectivity index (χ4v) is 1.37. The van der Waals surface area contributed by atoms with E-state index in [-0.39, 0.29) is 25.6 Å². The van der Waals surface area contributed by atoms with Crippen molar-refractivity contribution in [3.05, 3.63) is 0 Å². The van der Waals surface area contributed by atoms with Crippen molar-refractivity contribution in [2.45, 2.75) is 25.3 Å². The Morgan fingerprint density at radius 3 is 2.53 bits per heavy atom. The van der Waals surface area contributed by atoms with Crippen LogP contribution >= 0.6 is 0 Å². The van der Waals surface area contributed by atoms with E-state index >= 15 is 0 Å². The maximum atomic E-state index is 11.7. The highest BCUT2D eigenvalue weighted by atomic mass is 16.5. The molecule has 0 unspecified atom stereocenters. The van der Waals surface area contributed by atoms with Crippen LogP contribution in [0.4, 0.5) is 4.79 Å². The standard InChI is InChI=1S/C10H16N2O5/c1-17-9(15)6-11-10(16)12(7-2-3-7)5-4-8(13)14/h7H,2-6H2,1H3,(H,11,16)(H,13,14). The predicted octanol–water partition coefficient (Wildman–Crippen LogP) is -0.192. The van der Waals surface area contributed by atoms with Crippen molar-refractivity contribution < 1.29 is 24.2 Å². The molecule has 0 bridgehead atoms. The highest BCUT2D eigenvalue weighted by Crippen LogP contribution is 2.26. The van der Waals surface area contributed by atoms with Gasteiger partial charge in [-0.15, -0.1) is 0 Å². The lowest BCUT2D eigenvalue weighted by atomic mass is 10.4. The van der Waals surface area contributed by atoms with E-state index in [1.807, 2.05) is 0 Å². The Hall–Kier alpha value is -1.79. The Balaban J connectivity index is 2.38. The van der Waals surface area contributed by atoms with Crippen LogP contribution in [0.15, 0.2) is 0 Å². The molecule has 1 aliphatic carbocycles. The first kappa shape index (κ1) is 13.3. The SMILES string of the molecule is COC(=O)CNC(=O)N(CCC(=O)O)C1CC1. The van der Waals surface area contributed by atoms with Gasteiger partial charge in [0.25, 0.3) is 0 Å². The number of carbonyl (C=O) groups is 3. The van der Waals surface area contributed by atoms with Gasteiger partial charge in [-0.1, -0.05) is 0 Å². The molecule has 0 radical (unpaired) electrons. The van der Waals surface area contributed by atoms with Crippen LogP contribution in [0.3, 0.4) is 0 Å². The maximum Gasteiger partial charge on any atom is 0.325 e. The van der Waals surface area contributed by atoms with Crippen LogP contribution in [0.25, 0.3) is 0 Å². The van der Waals surface area contributed by atoms with E-state index in [1.165, 1.54) is 12.0 Å². The summed E-state index contributed by atoms with van der Waals surface area (Å²) in [6.45, 7) is -0.0430. The molecular formula is C10H16N2O5. The monoisotopic (exact) mass is 244 g/mol. The summed E-state index contributed by atoms with van der Waals surface area (Å²) in [5, 5.41) is 11.0. The van der Waals surface area contributed by atoms with E-state index < -0.39 is 18.0 Å². The van der Waals surface area contributed by atoms with Crippen LogP contribution in [0.5, 0.6) is 0 Å². The maximum absolute atomic E-state index is 11.7. The summed E-state index contributed by atoms with van der Waals surface area (Å²) < 4.78 is 4.39.